The van der Waals surface area contributed by atoms with Gasteiger partial charge in [-0.1, -0.05) is 65.7 Å². The summed E-state index contributed by atoms with van der Waals surface area (Å²) in [5, 5.41) is 3.28. The molecule has 8 nitrogen and oxygen atoms in total. The van der Waals surface area contributed by atoms with Gasteiger partial charge in [0.25, 0.3) is 11.8 Å². The van der Waals surface area contributed by atoms with Crippen LogP contribution in [0.3, 0.4) is 0 Å². The van der Waals surface area contributed by atoms with Gasteiger partial charge in [-0.25, -0.2) is 9.59 Å². The van der Waals surface area contributed by atoms with Gasteiger partial charge >= 0.3 is 12.1 Å². The molecule has 3 aromatic carbocycles. The van der Waals surface area contributed by atoms with Gasteiger partial charge in [0.15, 0.2) is 0 Å². The number of hydrogen-bond acceptors (Lipinski definition) is 6. The Balaban J connectivity index is 1.13. The maximum Gasteiger partial charge on any atom is 0.407 e. The van der Waals surface area contributed by atoms with Crippen LogP contribution >= 0.6 is 0 Å². The van der Waals surface area contributed by atoms with Crippen molar-refractivity contribution in [2.24, 2.45) is 0 Å². The van der Waals surface area contributed by atoms with Gasteiger partial charge in [-0.2, -0.15) is 0 Å². The fourth-order valence-corrected chi connectivity index (χ4v) is 4.79. The third-order valence-corrected chi connectivity index (χ3v) is 6.69. The molecule has 1 aliphatic heterocycles. The Bertz CT molecular complexity index is 1330. The molecule has 1 heterocycles. The first kappa shape index (κ1) is 24.2. The van der Waals surface area contributed by atoms with E-state index in [0.29, 0.717) is 5.06 Å². The molecule has 0 spiro atoms. The number of nitrogens with zero attached hydrogens (tertiary/aromatic N) is 1. The lowest BCUT2D eigenvalue weighted by Gasteiger charge is -2.26. The van der Waals surface area contributed by atoms with Gasteiger partial charge in [0.2, 0.25) is 0 Å². The first-order valence-electron chi connectivity index (χ1n) is 12.1. The number of hydroxylamine groups is 2. The number of carbonyl (C=O) groups is 4. The van der Waals surface area contributed by atoms with E-state index in [1.54, 1.807) is 26.0 Å². The van der Waals surface area contributed by atoms with Crippen LogP contribution in [-0.2, 0) is 14.4 Å². The van der Waals surface area contributed by atoms with Crippen molar-refractivity contribution in [3.05, 3.63) is 95.1 Å². The molecule has 3 aromatic rings. The molecule has 0 bridgehead atoms. The van der Waals surface area contributed by atoms with E-state index in [1.807, 2.05) is 36.4 Å². The van der Waals surface area contributed by atoms with E-state index in [2.05, 4.69) is 17.4 Å². The Morgan fingerprint density at radius 3 is 1.84 bits per heavy atom. The normalized spacial score (nSPS) is 14.2. The minimum atomic E-state index is -0.802. The first-order chi connectivity index (χ1) is 17.7. The molecule has 0 atom stereocenters. The highest BCUT2D eigenvalue weighted by Crippen LogP contribution is 2.44. The first-order valence-corrected chi connectivity index (χ1v) is 12.1. The Kier molecular flexibility index (Phi) is 6.25. The van der Waals surface area contributed by atoms with Crippen molar-refractivity contribution < 1.29 is 28.8 Å². The summed E-state index contributed by atoms with van der Waals surface area (Å²) in [5.74, 6) is -2.16. The average Bonchev–Trinajstić information content (AvgIpc) is 3.33. The smallest absolute Gasteiger partial charge is 0.407 e. The summed E-state index contributed by atoms with van der Waals surface area (Å²) >= 11 is 0. The number of nitrogens with one attached hydrogen (secondary N) is 1. The number of fused-ring (bicyclic) bond motifs is 4. The van der Waals surface area contributed by atoms with Gasteiger partial charge in [0.05, 0.1) is 17.5 Å². The van der Waals surface area contributed by atoms with E-state index in [-0.39, 0.29) is 36.5 Å². The van der Waals surface area contributed by atoms with Crippen molar-refractivity contribution in [3.63, 3.8) is 0 Å². The second kappa shape index (κ2) is 9.54. The molecule has 8 heteroatoms. The lowest BCUT2D eigenvalue weighted by molar-refractivity contribution is -0.169. The fraction of sp³-hybridized carbons (Fsp3) is 0.241. The predicted octanol–water partition coefficient (Wildman–Crippen LogP) is 4.84. The quantitative estimate of drug-likeness (QED) is 0.468. The molecule has 188 valence electrons. The summed E-state index contributed by atoms with van der Waals surface area (Å²) in [6.45, 7) is 3.69. The number of carbonyl (C=O) groups excluding carboxylic acids is 4. The lowest BCUT2D eigenvalue weighted by atomic mass is 9.98. The molecular weight excluding hydrogens is 472 g/mol. The van der Waals surface area contributed by atoms with Gasteiger partial charge < -0.3 is 14.9 Å². The average molecular weight is 499 g/mol. The molecule has 37 heavy (non-hydrogen) atoms. The Morgan fingerprint density at radius 1 is 0.811 bits per heavy atom. The zero-order valence-electron chi connectivity index (χ0n) is 20.5. The Morgan fingerprint density at radius 2 is 1.30 bits per heavy atom. The monoisotopic (exact) mass is 498 g/mol. The van der Waals surface area contributed by atoms with Crippen LogP contribution < -0.4 is 5.32 Å². The summed E-state index contributed by atoms with van der Waals surface area (Å²) in [6.07, 6.45) is -0.510. The van der Waals surface area contributed by atoms with Crippen LogP contribution in [0.2, 0.25) is 0 Å². The summed E-state index contributed by atoms with van der Waals surface area (Å²) in [5.41, 5.74) is 4.10. The second-order valence-corrected chi connectivity index (χ2v) is 9.75. The van der Waals surface area contributed by atoms with Crippen LogP contribution in [0.15, 0.2) is 72.8 Å². The maximum absolute atomic E-state index is 12.6. The van der Waals surface area contributed by atoms with E-state index in [1.165, 1.54) is 12.1 Å². The van der Waals surface area contributed by atoms with Crippen LogP contribution in [0.1, 0.15) is 64.4 Å². The number of amides is 3. The van der Waals surface area contributed by atoms with Crippen molar-refractivity contribution >= 4 is 23.9 Å². The molecule has 1 N–H and O–H groups in total. The molecule has 0 saturated heterocycles. The third kappa shape index (κ3) is 4.70. The van der Waals surface area contributed by atoms with Gasteiger partial charge in [-0.15, -0.1) is 0 Å². The third-order valence-electron chi connectivity index (χ3n) is 6.69. The van der Waals surface area contributed by atoms with Gasteiger partial charge in [-0.3, -0.25) is 9.59 Å². The minimum Gasteiger partial charge on any atom is -0.449 e. The standard InChI is InChI=1S/C29H26N2O6/c1-29(2,16-15-25(32)37-31-26(33)22-13-7-8-14-23(22)27(31)34)30-28(35)36-17-24-20-11-5-3-9-18(20)19-10-4-6-12-21(19)24/h3-14,24H,15-17H2,1-2H3,(H,30,35). The molecule has 0 fully saturated rings. The highest BCUT2D eigenvalue weighted by molar-refractivity contribution is 6.20. The van der Waals surface area contributed by atoms with E-state index < -0.39 is 29.4 Å². The lowest BCUT2D eigenvalue weighted by Crippen LogP contribution is -2.44. The van der Waals surface area contributed by atoms with Crippen molar-refractivity contribution in [2.75, 3.05) is 6.61 Å². The number of imide groups is 1. The maximum atomic E-state index is 12.6. The van der Waals surface area contributed by atoms with E-state index in [0.717, 1.165) is 22.3 Å². The van der Waals surface area contributed by atoms with Crippen molar-refractivity contribution in [1.82, 2.24) is 10.4 Å². The van der Waals surface area contributed by atoms with Gasteiger partial charge in [-0.05, 0) is 54.7 Å². The largest absolute Gasteiger partial charge is 0.449 e. The number of hydrogen-bond donors (Lipinski definition) is 1. The Hall–Kier alpha value is -4.46. The molecule has 0 aromatic heterocycles. The molecule has 3 amide bonds. The minimum absolute atomic E-state index is 0.0594. The molecule has 0 saturated carbocycles. The van der Waals surface area contributed by atoms with Crippen LogP contribution in [0.4, 0.5) is 4.79 Å². The van der Waals surface area contributed by atoms with Gasteiger partial charge in [0.1, 0.15) is 6.61 Å². The molecule has 1 aliphatic carbocycles. The van der Waals surface area contributed by atoms with E-state index >= 15 is 0 Å². The van der Waals surface area contributed by atoms with E-state index in [4.69, 9.17) is 9.57 Å². The molecule has 5 rings (SSSR count). The van der Waals surface area contributed by atoms with Crippen LogP contribution in [0.25, 0.3) is 11.1 Å². The summed E-state index contributed by atoms with van der Waals surface area (Å²) in [7, 11) is 0. The van der Waals surface area contributed by atoms with E-state index in [9.17, 15) is 19.2 Å². The summed E-state index contributed by atoms with van der Waals surface area (Å²) in [6, 6.07) is 22.4. The predicted molar refractivity (Wildman–Crippen MR) is 135 cm³/mol. The van der Waals surface area contributed by atoms with Crippen LogP contribution in [0.5, 0.6) is 0 Å². The van der Waals surface area contributed by atoms with Crippen molar-refractivity contribution in [3.8, 4) is 11.1 Å². The second-order valence-electron chi connectivity index (χ2n) is 9.75. The van der Waals surface area contributed by atoms with Crippen LogP contribution in [0, 0.1) is 0 Å². The zero-order chi connectivity index (χ0) is 26.2. The molecular formula is C29H26N2O6. The topological polar surface area (TPSA) is 102 Å². The fourth-order valence-electron chi connectivity index (χ4n) is 4.79. The SMILES string of the molecule is CC(C)(CCC(=O)ON1C(=O)c2ccccc2C1=O)NC(=O)OCC1c2ccccc2-c2ccccc21. The Labute approximate surface area is 214 Å². The van der Waals surface area contributed by atoms with Crippen molar-refractivity contribution in [1.29, 1.82) is 0 Å². The highest BCUT2D eigenvalue weighted by atomic mass is 16.7. The van der Waals surface area contributed by atoms with Crippen molar-refractivity contribution in [2.45, 2.75) is 38.1 Å². The molecule has 2 aliphatic rings. The molecule has 0 radical (unpaired) electrons. The highest BCUT2D eigenvalue weighted by Gasteiger charge is 2.39. The van der Waals surface area contributed by atoms with Crippen LogP contribution in [-0.4, -0.2) is 41.1 Å². The number of benzene rings is 3. The number of alkyl carbamates (subject to hydrolysis) is 1. The number of ether oxygens (including phenoxy) is 1. The summed E-state index contributed by atoms with van der Waals surface area (Å²) in [4.78, 5) is 54.8. The zero-order valence-corrected chi connectivity index (χ0v) is 20.5. The molecule has 0 unspecified atom stereocenters. The summed E-state index contributed by atoms with van der Waals surface area (Å²) < 4.78 is 5.59. The van der Waals surface area contributed by atoms with Gasteiger partial charge in [0, 0.05) is 11.5 Å². The number of rotatable bonds is 7.